The third-order valence-corrected chi connectivity index (χ3v) is 2.40. The van der Waals surface area contributed by atoms with Crippen LogP contribution in [0.4, 0.5) is 8.78 Å². The van der Waals surface area contributed by atoms with Gasteiger partial charge in [-0.2, -0.15) is 8.78 Å². The first-order chi connectivity index (χ1) is 9.87. The summed E-state index contributed by atoms with van der Waals surface area (Å²) in [6, 6.07) is 0. The van der Waals surface area contributed by atoms with Crippen molar-refractivity contribution in [2.24, 2.45) is 5.41 Å². The Morgan fingerprint density at radius 3 is 1.62 bits per heavy atom. The monoisotopic (exact) mass is 296 g/mol. The Hall–Kier alpha value is -2.60. The molecular weight excluding hydrogens is 282 g/mol. The summed E-state index contributed by atoms with van der Waals surface area (Å²) in [4.78, 5) is 24.0. The minimum atomic E-state index is -2.19. The Balaban J connectivity index is 5.53. The fourth-order valence-electron chi connectivity index (χ4n) is 1.31. The van der Waals surface area contributed by atoms with E-state index in [0.29, 0.717) is 12.2 Å². The standard InChI is InChI=1S/C15H14F2O4/c1-5-9-15(10-6-2,13(18)20-11(16)7-3)14(19)21-12(17)8-4/h1-2,7-8,11-12H,3-4,9-10H2. The van der Waals surface area contributed by atoms with Crippen LogP contribution in [0, 0.1) is 30.1 Å². The van der Waals surface area contributed by atoms with E-state index in [9.17, 15) is 18.4 Å². The molecule has 112 valence electrons. The topological polar surface area (TPSA) is 52.6 Å². The largest absolute Gasteiger partial charge is 0.426 e. The van der Waals surface area contributed by atoms with Crippen molar-refractivity contribution in [3.63, 3.8) is 0 Å². The van der Waals surface area contributed by atoms with E-state index in [4.69, 9.17) is 12.8 Å². The maximum Gasteiger partial charge on any atom is 0.328 e. The van der Waals surface area contributed by atoms with Gasteiger partial charge in [-0.15, -0.1) is 24.7 Å². The van der Waals surface area contributed by atoms with Crippen LogP contribution in [0.3, 0.4) is 0 Å². The highest BCUT2D eigenvalue weighted by molar-refractivity contribution is 6.01. The quantitative estimate of drug-likeness (QED) is 0.298. The fourth-order valence-corrected chi connectivity index (χ4v) is 1.31. The predicted octanol–water partition coefficient (Wildman–Crippen LogP) is 2.07. The van der Waals surface area contributed by atoms with E-state index in [2.05, 4.69) is 22.6 Å². The second-order valence-electron chi connectivity index (χ2n) is 3.83. The van der Waals surface area contributed by atoms with Gasteiger partial charge in [0.25, 0.3) is 12.7 Å². The van der Waals surface area contributed by atoms with E-state index in [0.717, 1.165) is 0 Å². The van der Waals surface area contributed by atoms with Crippen molar-refractivity contribution in [2.75, 3.05) is 0 Å². The van der Waals surface area contributed by atoms with Crippen molar-refractivity contribution in [2.45, 2.75) is 25.6 Å². The maximum atomic E-state index is 13.1. The van der Waals surface area contributed by atoms with Crippen LogP contribution in [0.2, 0.25) is 0 Å². The summed E-state index contributed by atoms with van der Waals surface area (Å²) >= 11 is 0. The Labute approximate surface area is 121 Å². The Morgan fingerprint density at radius 2 is 1.38 bits per heavy atom. The number of hydrogen-bond donors (Lipinski definition) is 0. The molecule has 0 saturated carbocycles. The Morgan fingerprint density at radius 1 is 1.05 bits per heavy atom. The van der Waals surface area contributed by atoms with Gasteiger partial charge in [-0.1, -0.05) is 13.2 Å². The van der Waals surface area contributed by atoms with E-state index < -0.39 is 42.9 Å². The van der Waals surface area contributed by atoms with Gasteiger partial charge in [-0.25, -0.2) is 0 Å². The van der Waals surface area contributed by atoms with Gasteiger partial charge in [0.2, 0.25) is 0 Å². The molecule has 0 aliphatic heterocycles. The zero-order chi connectivity index (χ0) is 16.5. The van der Waals surface area contributed by atoms with Gasteiger partial charge in [0.05, 0.1) is 0 Å². The zero-order valence-corrected chi connectivity index (χ0v) is 11.2. The fraction of sp³-hybridized carbons (Fsp3) is 0.333. The summed E-state index contributed by atoms with van der Waals surface area (Å²) in [5, 5.41) is 0. The van der Waals surface area contributed by atoms with Crippen LogP contribution >= 0.6 is 0 Å². The SMILES string of the molecule is C#CCC(CC#C)(C(=O)OC(F)C=C)C(=O)OC(F)C=C. The molecule has 0 saturated heterocycles. The third-order valence-electron chi connectivity index (χ3n) is 2.40. The summed E-state index contributed by atoms with van der Waals surface area (Å²) < 4.78 is 34.8. The van der Waals surface area contributed by atoms with Gasteiger partial charge < -0.3 is 9.47 Å². The number of hydrogen-bond acceptors (Lipinski definition) is 4. The molecule has 0 aromatic rings. The van der Waals surface area contributed by atoms with Gasteiger partial charge in [0.15, 0.2) is 5.41 Å². The number of carbonyl (C=O) groups excluding carboxylic acids is 2. The second-order valence-corrected chi connectivity index (χ2v) is 3.83. The number of esters is 2. The van der Waals surface area contributed by atoms with E-state index in [1.807, 2.05) is 11.8 Å². The van der Waals surface area contributed by atoms with Gasteiger partial charge in [-0.3, -0.25) is 9.59 Å². The average molecular weight is 296 g/mol. The zero-order valence-electron chi connectivity index (χ0n) is 11.2. The van der Waals surface area contributed by atoms with Crippen LogP contribution in [0.15, 0.2) is 25.3 Å². The molecule has 21 heavy (non-hydrogen) atoms. The summed E-state index contributed by atoms with van der Waals surface area (Å²) in [7, 11) is 0. The highest BCUT2D eigenvalue weighted by Gasteiger charge is 2.49. The van der Waals surface area contributed by atoms with Crippen molar-refractivity contribution < 1.29 is 27.8 Å². The van der Waals surface area contributed by atoms with Crippen molar-refractivity contribution in [1.29, 1.82) is 0 Å². The average Bonchev–Trinajstić information content (AvgIpc) is 2.46. The van der Waals surface area contributed by atoms with Crippen molar-refractivity contribution in [3.05, 3.63) is 25.3 Å². The van der Waals surface area contributed by atoms with Crippen LogP contribution < -0.4 is 0 Å². The lowest BCUT2D eigenvalue weighted by atomic mass is 9.81. The smallest absolute Gasteiger partial charge is 0.328 e. The highest BCUT2D eigenvalue weighted by atomic mass is 19.1. The van der Waals surface area contributed by atoms with Gasteiger partial charge in [0.1, 0.15) is 0 Å². The summed E-state index contributed by atoms with van der Waals surface area (Å²) in [6.45, 7) is 6.14. The van der Waals surface area contributed by atoms with Crippen LogP contribution in [0.5, 0.6) is 0 Å². The summed E-state index contributed by atoms with van der Waals surface area (Å²) in [6.07, 6.45) is 6.12. The molecule has 2 unspecified atom stereocenters. The van der Waals surface area contributed by atoms with E-state index in [1.165, 1.54) is 0 Å². The minimum Gasteiger partial charge on any atom is -0.426 e. The van der Waals surface area contributed by atoms with Crippen molar-refractivity contribution in [3.8, 4) is 24.7 Å². The van der Waals surface area contributed by atoms with Crippen molar-refractivity contribution in [1.82, 2.24) is 0 Å². The Kier molecular flexibility index (Phi) is 7.49. The summed E-state index contributed by atoms with van der Waals surface area (Å²) in [5.74, 6) is 1.38. The van der Waals surface area contributed by atoms with Crippen LogP contribution in [-0.4, -0.2) is 24.7 Å². The molecule has 4 nitrogen and oxygen atoms in total. The van der Waals surface area contributed by atoms with E-state index in [-0.39, 0.29) is 0 Å². The molecule has 0 aliphatic rings. The molecule has 0 radical (unpaired) electrons. The van der Waals surface area contributed by atoms with Gasteiger partial charge in [0, 0.05) is 12.8 Å². The van der Waals surface area contributed by atoms with E-state index in [1.54, 1.807) is 0 Å². The molecule has 0 spiro atoms. The first-order valence-electron chi connectivity index (χ1n) is 5.70. The van der Waals surface area contributed by atoms with Crippen LogP contribution in [0.1, 0.15) is 12.8 Å². The van der Waals surface area contributed by atoms with Crippen LogP contribution in [-0.2, 0) is 19.1 Å². The molecule has 0 aliphatic carbocycles. The number of rotatable bonds is 8. The normalized spacial score (nSPS) is 13.0. The highest BCUT2D eigenvalue weighted by Crippen LogP contribution is 2.31. The molecule has 0 N–H and O–H groups in total. The third kappa shape index (κ3) is 4.77. The molecule has 0 aromatic heterocycles. The summed E-state index contributed by atoms with van der Waals surface area (Å²) in [5.41, 5.74) is -2.19. The molecule has 6 heteroatoms. The number of halogens is 2. The number of alkyl halides is 2. The minimum absolute atomic E-state index is 0.539. The van der Waals surface area contributed by atoms with Gasteiger partial charge in [-0.05, 0) is 12.2 Å². The van der Waals surface area contributed by atoms with Crippen molar-refractivity contribution >= 4 is 11.9 Å². The molecule has 0 heterocycles. The van der Waals surface area contributed by atoms with Crippen LogP contribution in [0.25, 0.3) is 0 Å². The molecular formula is C15H14F2O4. The molecule has 0 aromatic carbocycles. The predicted molar refractivity (Wildman–Crippen MR) is 71.7 cm³/mol. The number of terminal acetylenes is 2. The van der Waals surface area contributed by atoms with E-state index >= 15 is 0 Å². The Bertz CT molecular complexity index is 453. The first kappa shape index (κ1) is 18.4. The maximum absolute atomic E-state index is 13.1. The number of carbonyl (C=O) groups is 2. The molecule has 0 bridgehead atoms. The first-order valence-corrected chi connectivity index (χ1v) is 5.70. The lowest BCUT2D eigenvalue weighted by Crippen LogP contribution is -2.43. The van der Waals surface area contributed by atoms with Gasteiger partial charge >= 0.3 is 11.9 Å². The molecule has 2 atom stereocenters. The lowest BCUT2D eigenvalue weighted by molar-refractivity contribution is -0.182. The molecule has 0 rings (SSSR count). The molecule has 0 fully saturated rings. The molecule has 0 amide bonds. The second kappa shape index (κ2) is 8.55. The number of ether oxygens (including phenoxy) is 2. The lowest BCUT2D eigenvalue weighted by Gasteiger charge is -2.26.